The Labute approximate surface area is 144 Å². The SMILES string of the molecule is O=C(NCCc1cnn(-c2ccccc2)c1)c1cc2ccccc2o1. The van der Waals surface area contributed by atoms with Crippen LogP contribution in [-0.4, -0.2) is 22.2 Å². The Kier molecular flexibility index (Phi) is 4.04. The molecular weight excluding hydrogens is 314 g/mol. The lowest BCUT2D eigenvalue weighted by molar-refractivity contribution is 0.0928. The highest BCUT2D eigenvalue weighted by Crippen LogP contribution is 2.18. The number of aromatic nitrogens is 2. The molecule has 0 saturated carbocycles. The summed E-state index contributed by atoms with van der Waals surface area (Å²) in [6, 6.07) is 19.3. The van der Waals surface area contributed by atoms with E-state index < -0.39 is 0 Å². The number of amides is 1. The number of fused-ring (bicyclic) bond motifs is 1. The topological polar surface area (TPSA) is 60.1 Å². The highest BCUT2D eigenvalue weighted by atomic mass is 16.3. The molecule has 0 aliphatic carbocycles. The predicted molar refractivity (Wildman–Crippen MR) is 95.8 cm³/mol. The van der Waals surface area contributed by atoms with Crippen molar-refractivity contribution in [2.24, 2.45) is 0 Å². The largest absolute Gasteiger partial charge is 0.451 e. The number of furan rings is 1. The first-order valence-corrected chi connectivity index (χ1v) is 8.15. The second-order valence-electron chi connectivity index (χ2n) is 5.78. The molecule has 124 valence electrons. The zero-order chi connectivity index (χ0) is 17.1. The molecule has 5 heteroatoms. The van der Waals surface area contributed by atoms with Crippen molar-refractivity contribution in [1.82, 2.24) is 15.1 Å². The number of para-hydroxylation sites is 2. The van der Waals surface area contributed by atoms with Gasteiger partial charge in [-0.05, 0) is 36.2 Å². The fraction of sp³-hybridized carbons (Fsp3) is 0.100. The van der Waals surface area contributed by atoms with Crippen LogP contribution >= 0.6 is 0 Å². The summed E-state index contributed by atoms with van der Waals surface area (Å²) in [4.78, 5) is 12.2. The quantitative estimate of drug-likeness (QED) is 0.608. The molecule has 2 aromatic heterocycles. The van der Waals surface area contributed by atoms with Crippen LogP contribution in [0.15, 0.2) is 77.5 Å². The van der Waals surface area contributed by atoms with E-state index >= 15 is 0 Å². The summed E-state index contributed by atoms with van der Waals surface area (Å²) in [5.74, 6) is 0.132. The molecule has 0 saturated heterocycles. The normalized spacial score (nSPS) is 10.9. The van der Waals surface area contributed by atoms with E-state index in [4.69, 9.17) is 4.42 Å². The predicted octanol–water partition coefficient (Wildman–Crippen LogP) is 3.59. The van der Waals surface area contributed by atoms with Gasteiger partial charge in [0.05, 0.1) is 11.9 Å². The van der Waals surface area contributed by atoms with Gasteiger partial charge in [0, 0.05) is 18.1 Å². The monoisotopic (exact) mass is 331 g/mol. The molecule has 25 heavy (non-hydrogen) atoms. The van der Waals surface area contributed by atoms with Crippen LogP contribution in [0.25, 0.3) is 16.7 Å². The number of hydrogen-bond donors (Lipinski definition) is 1. The van der Waals surface area contributed by atoms with Crippen molar-refractivity contribution >= 4 is 16.9 Å². The van der Waals surface area contributed by atoms with E-state index in [9.17, 15) is 4.79 Å². The molecule has 0 unspecified atom stereocenters. The molecule has 0 aliphatic rings. The molecule has 0 bridgehead atoms. The third kappa shape index (κ3) is 3.30. The van der Waals surface area contributed by atoms with Gasteiger partial charge in [0.2, 0.25) is 0 Å². The number of carbonyl (C=O) groups excluding carboxylic acids is 1. The van der Waals surface area contributed by atoms with Crippen LogP contribution in [0.1, 0.15) is 16.1 Å². The Hall–Kier alpha value is -3.34. The van der Waals surface area contributed by atoms with Crippen LogP contribution < -0.4 is 5.32 Å². The molecule has 4 aromatic rings. The maximum Gasteiger partial charge on any atom is 0.287 e. The third-order valence-corrected chi connectivity index (χ3v) is 4.01. The Morgan fingerprint density at radius 2 is 1.88 bits per heavy atom. The number of carbonyl (C=O) groups is 1. The van der Waals surface area contributed by atoms with Crippen molar-refractivity contribution in [3.05, 3.63) is 84.4 Å². The molecule has 0 radical (unpaired) electrons. The summed E-state index contributed by atoms with van der Waals surface area (Å²) >= 11 is 0. The van der Waals surface area contributed by atoms with Crippen LogP contribution in [0.5, 0.6) is 0 Å². The smallest absolute Gasteiger partial charge is 0.287 e. The average molecular weight is 331 g/mol. The molecule has 1 amide bonds. The summed E-state index contributed by atoms with van der Waals surface area (Å²) in [7, 11) is 0. The van der Waals surface area contributed by atoms with Crippen molar-refractivity contribution in [3.8, 4) is 5.69 Å². The minimum atomic E-state index is -0.202. The van der Waals surface area contributed by atoms with E-state index in [2.05, 4.69) is 10.4 Å². The molecular formula is C20H17N3O2. The van der Waals surface area contributed by atoms with Crippen LogP contribution in [0, 0.1) is 0 Å². The molecule has 2 aromatic carbocycles. The van der Waals surface area contributed by atoms with Crippen molar-refractivity contribution < 1.29 is 9.21 Å². The van der Waals surface area contributed by atoms with Gasteiger partial charge in [0.1, 0.15) is 5.58 Å². The van der Waals surface area contributed by atoms with Gasteiger partial charge in [0.25, 0.3) is 5.91 Å². The minimum Gasteiger partial charge on any atom is -0.451 e. The van der Waals surface area contributed by atoms with E-state index in [1.54, 1.807) is 6.07 Å². The van der Waals surface area contributed by atoms with Crippen LogP contribution in [0.3, 0.4) is 0 Å². The molecule has 1 N–H and O–H groups in total. The van der Waals surface area contributed by atoms with Crippen molar-refractivity contribution in [2.75, 3.05) is 6.54 Å². The molecule has 0 aliphatic heterocycles. The Morgan fingerprint density at radius 3 is 2.72 bits per heavy atom. The zero-order valence-corrected chi connectivity index (χ0v) is 13.6. The summed E-state index contributed by atoms with van der Waals surface area (Å²) in [6.07, 6.45) is 4.50. The van der Waals surface area contributed by atoms with Gasteiger partial charge in [-0.1, -0.05) is 36.4 Å². The lowest BCUT2D eigenvalue weighted by Crippen LogP contribution is -2.25. The van der Waals surface area contributed by atoms with E-state index in [1.807, 2.05) is 71.7 Å². The van der Waals surface area contributed by atoms with E-state index in [-0.39, 0.29) is 5.91 Å². The highest BCUT2D eigenvalue weighted by Gasteiger charge is 2.11. The van der Waals surface area contributed by atoms with Gasteiger partial charge >= 0.3 is 0 Å². The zero-order valence-electron chi connectivity index (χ0n) is 13.6. The standard InChI is InChI=1S/C20H17N3O2/c24-20(19-12-16-6-4-5-9-18(16)25-19)21-11-10-15-13-22-23(14-15)17-7-2-1-3-8-17/h1-9,12-14H,10-11H2,(H,21,24). The first-order chi connectivity index (χ1) is 12.3. The second-order valence-corrected chi connectivity index (χ2v) is 5.78. The van der Waals surface area contributed by atoms with Crippen LogP contribution in [-0.2, 0) is 6.42 Å². The van der Waals surface area contributed by atoms with Crippen LogP contribution in [0.2, 0.25) is 0 Å². The fourth-order valence-electron chi connectivity index (χ4n) is 2.71. The van der Waals surface area contributed by atoms with Gasteiger partial charge in [0.15, 0.2) is 5.76 Å². The molecule has 0 fully saturated rings. The first kappa shape index (κ1) is 15.2. The van der Waals surface area contributed by atoms with Crippen molar-refractivity contribution in [1.29, 1.82) is 0 Å². The third-order valence-electron chi connectivity index (χ3n) is 4.01. The van der Waals surface area contributed by atoms with Crippen molar-refractivity contribution in [2.45, 2.75) is 6.42 Å². The van der Waals surface area contributed by atoms with E-state index in [1.165, 1.54) is 0 Å². The number of benzene rings is 2. The summed E-state index contributed by atoms with van der Waals surface area (Å²) < 4.78 is 7.40. The Morgan fingerprint density at radius 1 is 1.08 bits per heavy atom. The van der Waals surface area contributed by atoms with Gasteiger partial charge in [-0.15, -0.1) is 0 Å². The summed E-state index contributed by atoms with van der Waals surface area (Å²) in [5, 5.41) is 8.17. The van der Waals surface area contributed by atoms with E-state index in [0.717, 1.165) is 22.2 Å². The maximum atomic E-state index is 12.2. The molecule has 0 spiro atoms. The lowest BCUT2D eigenvalue weighted by Gasteiger charge is -2.01. The summed E-state index contributed by atoms with van der Waals surface area (Å²) in [6.45, 7) is 0.524. The molecule has 5 nitrogen and oxygen atoms in total. The van der Waals surface area contributed by atoms with Gasteiger partial charge in [-0.25, -0.2) is 4.68 Å². The molecule has 0 atom stereocenters. The van der Waals surface area contributed by atoms with Gasteiger partial charge in [-0.3, -0.25) is 4.79 Å². The molecule has 4 rings (SSSR count). The summed E-state index contributed by atoms with van der Waals surface area (Å²) in [5.41, 5.74) is 2.80. The Bertz CT molecular complexity index is 969. The minimum absolute atomic E-state index is 0.202. The first-order valence-electron chi connectivity index (χ1n) is 8.15. The fourth-order valence-corrected chi connectivity index (χ4v) is 2.71. The van der Waals surface area contributed by atoms with Crippen molar-refractivity contribution in [3.63, 3.8) is 0 Å². The average Bonchev–Trinajstić information content (AvgIpc) is 3.29. The number of nitrogens with zero attached hydrogens (tertiary/aromatic N) is 2. The van der Waals surface area contributed by atoms with Crippen LogP contribution in [0.4, 0.5) is 0 Å². The maximum absolute atomic E-state index is 12.2. The number of hydrogen-bond acceptors (Lipinski definition) is 3. The van der Waals surface area contributed by atoms with E-state index in [0.29, 0.717) is 18.7 Å². The number of nitrogens with one attached hydrogen (secondary N) is 1. The molecule has 2 heterocycles. The number of rotatable bonds is 5. The highest BCUT2D eigenvalue weighted by molar-refractivity contribution is 5.96. The Balaban J connectivity index is 1.36. The van der Waals surface area contributed by atoms with Gasteiger partial charge < -0.3 is 9.73 Å². The van der Waals surface area contributed by atoms with Gasteiger partial charge in [-0.2, -0.15) is 5.10 Å². The lowest BCUT2D eigenvalue weighted by atomic mass is 10.2. The second kappa shape index (κ2) is 6.65.